The van der Waals surface area contributed by atoms with Gasteiger partial charge in [-0.1, -0.05) is 26.0 Å². The van der Waals surface area contributed by atoms with E-state index < -0.39 is 42.5 Å². The van der Waals surface area contributed by atoms with Crippen LogP contribution in [0, 0.1) is 0 Å². The van der Waals surface area contributed by atoms with Gasteiger partial charge in [0.15, 0.2) is 12.4 Å². The zero-order valence-corrected chi connectivity index (χ0v) is 21.9. The fourth-order valence-electron chi connectivity index (χ4n) is 4.56. The SMILES string of the molecule is CC(=O)OC[C@@H]1C[C@H](OC(C)=O)[C@@H](OC(C)=O)[C@H](OCCCCc2ccc3c(c2)C(C)(C)CCO3)O1. The Hall–Kier alpha value is -2.65. The number of rotatable bonds is 10. The lowest BCUT2D eigenvalue weighted by atomic mass is 9.79. The Bertz CT molecular complexity index is 926. The van der Waals surface area contributed by atoms with Crippen molar-refractivity contribution in [3.63, 3.8) is 0 Å². The van der Waals surface area contributed by atoms with Gasteiger partial charge >= 0.3 is 17.9 Å². The first kappa shape index (κ1) is 27.9. The van der Waals surface area contributed by atoms with Crippen LogP contribution in [0.1, 0.15) is 71.4 Å². The molecular weight excluding hydrogens is 468 g/mol. The molecule has 200 valence electrons. The number of ether oxygens (including phenoxy) is 6. The number of hydrogen-bond donors (Lipinski definition) is 0. The van der Waals surface area contributed by atoms with Crippen LogP contribution in [-0.4, -0.2) is 62.3 Å². The van der Waals surface area contributed by atoms with Crippen molar-refractivity contribution in [3.8, 4) is 5.75 Å². The first-order chi connectivity index (χ1) is 17.0. The second kappa shape index (κ2) is 12.5. The van der Waals surface area contributed by atoms with E-state index in [-0.39, 0.29) is 18.4 Å². The van der Waals surface area contributed by atoms with Gasteiger partial charge < -0.3 is 28.4 Å². The Kier molecular flexibility index (Phi) is 9.73. The Morgan fingerprint density at radius 3 is 2.47 bits per heavy atom. The average Bonchev–Trinajstić information content (AvgIpc) is 2.79. The second-order valence-electron chi connectivity index (χ2n) is 10.0. The maximum absolute atomic E-state index is 11.7. The van der Waals surface area contributed by atoms with Gasteiger partial charge in [0.2, 0.25) is 0 Å². The third-order valence-corrected chi connectivity index (χ3v) is 6.45. The van der Waals surface area contributed by atoms with Gasteiger partial charge in [-0.15, -0.1) is 0 Å². The van der Waals surface area contributed by atoms with E-state index in [1.165, 1.54) is 31.9 Å². The molecule has 0 radical (unpaired) electrons. The van der Waals surface area contributed by atoms with Crippen LogP contribution in [-0.2, 0) is 49.9 Å². The second-order valence-corrected chi connectivity index (χ2v) is 10.0. The third kappa shape index (κ3) is 7.93. The van der Waals surface area contributed by atoms with Gasteiger partial charge in [-0.3, -0.25) is 14.4 Å². The molecule has 0 bridgehead atoms. The highest BCUT2D eigenvalue weighted by molar-refractivity contribution is 5.67. The van der Waals surface area contributed by atoms with E-state index >= 15 is 0 Å². The van der Waals surface area contributed by atoms with Crippen LogP contribution in [0.25, 0.3) is 0 Å². The molecule has 2 aliphatic heterocycles. The fourth-order valence-corrected chi connectivity index (χ4v) is 4.56. The number of hydrogen-bond acceptors (Lipinski definition) is 9. The molecule has 0 saturated carbocycles. The van der Waals surface area contributed by atoms with Crippen molar-refractivity contribution in [2.75, 3.05) is 19.8 Å². The summed E-state index contributed by atoms with van der Waals surface area (Å²) in [5, 5.41) is 0. The van der Waals surface area contributed by atoms with Crippen LogP contribution in [0.5, 0.6) is 5.75 Å². The molecule has 0 unspecified atom stereocenters. The molecule has 0 N–H and O–H groups in total. The molecule has 9 heteroatoms. The Morgan fingerprint density at radius 2 is 1.78 bits per heavy atom. The van der Waals surface area contributed by atoms with E-state index in [9.17, 15) is 14.4 Å². The molecule has 0 aromatic heterocycles. The monoisotopic (exact) mass is 506 g/mol. The van der Waals surface area contributed by atoms with Crippen molar-refractivity contribution in [2.45, 2.75) is 96.7 Å². The largest absolute Gasteiger partial charge is 0.493 e. The lowest BCUT2D eigenvalue weighted by Crippen LogP contribution is -2.54. The van der Waals surface area contributed by atoms with Gasteiger partial charge in [0.25, 0.3) is 0 Å². The highest BCUT2D eigenvalue weighted by Crippen LogP contribution is 2.38. The summed E-state index contributed by atoms with van der Waals surface area (Å²) in [7, 11) is 0. The lowest BCUT2D eigenvalue weighted by Gasteiger charge is -2.39. The normalized spacial score (nSPS) is 24.7. The maximum atomic E-state index is 11.7. The van der Waals surface area contributed by atoms with Crippen LogP contribution < -0.4 is 4.74 Å². The number of unbranched alkanes of at least 4 members (excludes halogenated alkanes) is 1. The van der Waals surface area contributed by atoms with E-state index in [1.807, 2.05) is 0 Å². The van der Waals surface area contributed by atoms with Crippen molar-refractivity contribution in [1.29, 1.82) is 0 Å². The predicted molar refractivity (Wildman–Crippen MR) is 129 cm³/mol. The molecule has 0 aliphatic carbocycles. The number of aryl methyl sites for hydroxylation is 1. The van der Waals surface area contributed by atoms with Gasteiger partial charge in [-0.25, -0.2) is 0 Å². The summed E-state index contributed by atoms with van der Waals surface area (Å²) in [5.41, 5.74) is 2.59. The lowest BCUT2D eigenvalue weighted by molar-refractivity contribution is -0.279. The molecule has 9 nitrogen and oxygen atoms in total. The quantitative estimate of drug-likeness (QED) is 0.267. The maximum Gasteiger partial charge on any atom is 0.303 e. The summed E-state index contributed by atoms with van der Waals surface area (Å²) in [6.07, 6.45) is 0.528. The molecule has 1 saturated heterocycles. The van der Waals surface area contributed by atoms with E-state index in [4.69, 9.17) is 28.4 Å². The third-order valence-electron chi connectivity index (χ3n) is 6.45. The van der Waals surface area contributed by atoms with Gasteiger partial charge in [-0.05, 0) is 42.7 Å². The fraction of sp³-hybridized carbons (Fsp3) is 0.667. The number of carbonyl (C=O) groups excluding carboxylic acids is 3. The summed E-state index contributed by atoms with van der Waals surface area (Å²) in [5.74, 6) is -0.524. The topological polar surface area (TPSA) is 107 Å². The van der Waals surface area contributed by atoms with E-state index in [0.717, 1.165) is 38.0 Å². The van der Waals surface area contributed by atoms with Gasteiger partial charge in [-0.2, -0.15) is 0 Å². The first-order valence-corrected chi connectivity index (χ1v) is 12.6. The van der Waals surface area contributed by atoms with E-state index in [1.54, 1.807) is 0 Å². The van der Waals surface area contributed by atoms with Crippen molar-refractivity contribution in [3.05, 3.63) is 29.3 Å². The standard InChI is InChI=1S/C27H38O9/c1-17(28)33-16-21-15-24(34-18(2)29)25(35-19(3)30)26(36-21)32-12-7-6-8-20-9-10-23-22(14-20)27(4,5)11-13-31-23/h9-10,14,21,24-26H,6-8,11-13,15-16H2,1-5H3/t21-,24-,25+,26+/m0/s1. The van der Waals surface area contributed by atoms with E-state index in [0.29, 0.717) is 6.61 Å². The molecule has 1 aromatic carbocycles. The zero-order chi connectivity index (χ0) is 26.3. The van der Waals surface area contributed by atoms with Crippen molar-refractivity contribution in [2.24, 2.45) is 0 Å². The molecule has 36 heavy (non-hydrogen) atoms. The minimum Gasteiger partial charge on any atom is -0.493 e. The Balaban J connectivity index is 1.57. The highest BCUT2D eigenvalue weighted by Gasteiger charge is 2.44. The summed E-state index contributed by atoms with van der Waals surface area (Å²) >= 11 is 0. The summed E-state index contributed by atoms with van der Waals surface area (Å²) < 4.78 is 33.6. The Labute approximate surface area is 212 Å². The number of benzene rings is 1. The van der Waals surface area contributed by atoms with Gasteiger partial charge in [0.1, 0.15) is 18.5 Å². The molecule has 2 aliphatic rings. The molecule has 0 amide bonds. The minimum absolute atomic E-state index is 0.0157. The molecular formula is C27H38O9. The minimum atomic E-state index is -0.950. The van der Waals surface area contributed by atoms with Crippen LogP contribution in [0.15, 0.2) is 18.2 Å². The molecule has 1 aromatic rings. The van der Waals surface area contributed by atoms with Crippen LogP contribution >= 0.6 is 0 Å². The van der Waals surface area contributed by atoms with Crippen molar-refractivity contribution >= 4 is 17.9 Å². The van der Waals surface area contributed by atoms with Gasteiger partial charge in [0, 0.05) is 39.4 Å². The molecule has 0 spiro atoms. The van der Waals surface area contributed by atoms with Crippen molar-refractivity contribution in [1.82, 2.24) is 0 Å². The molecule has 1 fully saturated rings. The summed E-state index contributed by atoms with van der Waals surface area (Å²) in [6.45, 7) is 9.43. The van der Waals surface area contributed by atoms with Crippen LogP contribution in [0.3, 0.4) is 0 Å². The number of esters is 3. The van der Waals surface area contributed by atoms with E-state index in [2.05, 4.69) is 32.0 Å². The number of carbonyl (C=O) groups is 3. The van der Waals surface area contributed by atoms with Crippen LogP contribution in [0.4, 0.5) is 0 Å². The first-order valence-electron chi connectivity index (χ1n) is 12.6. The smallest absolute Gasteiger partial charge is 0.303 e. The molecule has 3 rings (SSSR count). The van der Waals surface area contributed by atoms with Crippen molar-refractivity contribution < 1.29 is 42.8 Å². The molecule has 4 atom stereocenters. The number of fused-ring (bicyclic) bond motifs is 1. The van der Waals surface area contributed by atoms with Gasteiger partial charge in [0.05, 0.1) is 12.7 Å². The molecule has 2 heterocycles. The zero-order valence-electron chi connectivity index (χ0n) is 21.9. The predicted octanol–water partition coefficient (Wildman–Crippen LogP) is 3.63. The summed E-state index contributed by atoms with van der Waals surface area (Å²) in [4.78, 5) is 34.6. The highest BCUT2D eigenvalue weighted by atomic mass is 16.7. The van der Waals surface area contributed by atoms with Crippen LogP contribution in [0.2, 0.25) is 0 Å². The average molecular weight is 507 g/mol. The Morgan fingerprint density at radius 1 is 1.03 bits per heavy atom. The summed E-state index contributed by atoms with van der Waals surface area (Å²) in [6, 6.07) is 6.39.